The Morgan fingerprint density at radius 2 is 1.74 bits per heavy atom. The molecule has 3 aromatic rings. The highest BCUT2D eigenvalue weighted by atomic mass is 16.5. The number of amides is 1. The molecule has 2 aliphatic rings. The fourth-order valence-corrected chi connectivity index (χ4v) is 6.17. The van der Waals surface area contributed by atoms with Crippen molar-refractivity contribution in [1.29, 1.82) is 0 Å². The summed E-state index contributed by atoms with van der Waals surface area (Å²) in [5.74, 6) is 0.918. The van der Waals surface area contributed by atoms with Gasteiger partial charge in [-0.2, -0.15) is 4.98 Å². The first-order valence-electron chi connectivity index (χ1n) is 13.4. The third-order valence-corrected chi connectivity index (χ3v) is 8.50. The molecular formula is C30H38N4O4. The zero-order chi connectivity index (χ0) is 27.3. The molecule has 0 radical (unpaired) electrons. The molecule has 2 aromatic carbocycles. The summed E-state index contributed by atoms with van der Waals surface area (Å²) in [7, 11) is 2.06. The van der Waals surface area contributed by atoms with E-state index in [0.717, 1.165) is 24.2 Å². The minimum absolute atomic E-state index is 0.00670. The number of aromatic nitrogens is 2. The maximum absolute atomic E-state index is 12.5. The third kappa shape index (κ3) is 4.44. The number of benzene rings is 2. The van der Waals surface area contributed by atoms with E-state index in [4.69, 9.17) is 4.52 Å². The third-order valence-electron chi connectivity index (χ3n) is 8.50. The Morgan fingerprint density at radius 3 is 2.32 bits per heavy atom. The van der Waals surface area contributed by atoms with Crippen molar-refractivity contribution >= 4 is 5.91 Å². The van der Waals surface area contributed by atoms with Gasteiger partial charge in [-0.25, -0.2) is 0 Å². The Labute approximate surface area is 224 Å². The van der Waals surface area contributed by atoms with Crippen LogP contribution in [0.5, 0.6) is 0 Å². The maximum atomic E-state index is 12.5. The normalized spacial score (nSPS) is 20.7. The predicted octanol–water partition coefficient (Wildman–Crippen LogP) is 3.88. The molecule has 2 aliphatic heterocycles. The number of nitrogens with zero attached hydrogens (tertiary/aromatic N) is 4. The molecular weight excluding hydrogens is 480 g/mol. The number of carbonyl (C=O) groups excluding carboxylic acids is 1. The average Bonchev–Trinajstić information content (AvgIpc) is 3.39. The minimum Gasteiger partial charge on any atom is -0.380 e. The van der Waals surface area contributed by atoms with E-state index >= 15 is 0 Å². The Bertz CT molecular complexity index is 1300. The highest BCUT2D eigenvalue weighted by Crippen LogP contribution is 2.50. The summed E-state index contributed by atoms with van der Waals surface area (Å²) >= 11 is 0. The predicted molar refractivity (Wildman–Crippen MR) is 144 cm³/mol. The standard InChI is InChI=1S/C30H38N4O4/c1-20(2)22-9-11-24(12-10-22)30(37,28(4)18-33(5)19-28)25-8-6-7-23(17-25)26-31-27(38-32-26)29(36)13-15-34(16-14-29)21(3)35/h6-12,17,20,36-37H,13-16,18-19H2,1-5H3/t30-/m0/s1. The lowest BCUT2D eigenvalue weighted by atomic mass is 9.62. The van der Waals surface area contributed by atoms with Crippen LogP contribution in [0.15, 0.2) is 53.1 Å². The Morgan fingerprint density at radius 1 is 1.08 bits per heavy atom. The van der Waals surface area contributed by atoms with Gasteiger partial charge in [-0.1, -0.05) is 68.4 Å². The van der Waals surface area contributed by atoms with Crippen molar-refractivity contribution in [2.45, 2.75) is 57.7 Å². The second-order valence-corrected chi connectivity index (χ2v) is 11.8. The smallest absolute Gasteiger partial charge is 0.259 e. The van der Waals surface area contributed by atoms with Crippen LogP contribution < -0.4 is 0 Å². The van der Waals surface area contributed by atoms with Gasteiger partial charge in [0.15, 0.2) is 0 Å². The van der Waals surface area contributed by atoms with Gasteiger partial charge in [0.1, 0.15) is 11.2 Å². The van der Waals surface area contributed by atoms with Gasteiger partial charge in [-0.05, 0) is 35.7 Å². The molecule has 1 atom stereocenters. The van der Waals surface area contributed by atoms with Crippen molar-refractivity contribution in [1.82, 2.24) is 19.9 Å². The summed E-state index contributed by atoms with van der Waals surface area (Å²) < 4.78 is 5.53. The SMILES string of the molecule is CC(=O)N1CCC(O)(c2nc(-c3cccc([C@@](O)(c4ccc(C(C)C)cc4)C4(C)CN(C)C4)c3)no2)CC1. The number of rotatable bonds is 6. The number of aliphatic hydroxyl groups is 2. The van der Waals surface area contributed by atoms with E-state index in [2.05, 4.69) is 55.0 Å². The van der Waals surface area contributed by atoms with Crippen LogP contribution in [0.4, 0.5) is 0 Å². The van der Waals surface area contributed by atoms with E-state index in [-0.39, 0.29) is 17.2 Å². The van der Waals surface area contributed by atoms with Crippen LogP contribution in [0.3, 0.4) is 0 Å². The van der Waals surface area contributed by atoms with Crippen molar-refractivity contribution in [2.24, 2.45) is 5.41 Å². The molecule has 3 heterocycles. The fraction of sp³-hybridized carbons (Fsp3) is 0.500. The molecule has 1 aromatic heterocycles. The molecule has 0 saturated carbocycles. The van der Waals surface area contributed by atoms with Crippen molar-refractivity contribution in [3.63, 3.8) is 0 Å². The van der Waals surface area contributed by atoms with Gasteiger partial charge >= 0.3 is 0 Å². The van der Waals surface area contributed by atoms with E-state index in [1.807, 2.05) is 36.4 Å². The Hall–Kier alpha value is -3.07. The summed E-state index contributed by atoms with van der Waals surface area (Å²) in [5, 5.41) is 27.9. The van der Waals surface area contributed by atoms with Crippen LogP contribution >= 0.6 is 0 Å². The quantitative estimate of drug-likeness (QED) is 0.511. The first kappa shape index (κ1) is 26.5. The Kier molecular flexibility index (Phi) is 6.70. The minimum atomic E-state index is -1.27. The topological polar surface area (TPSA) is 103 Å². The van der Waals surface area contributed by atoms with Crippen LogP contribution in [-0.4, -0.2) is 69.3 Å². The molecule has 2 N–H and O–H groups in total. The van der Waals surface area contributed by atoms with E-state index in [1.165, 1.54) is 12.5 Å². The van der Waals surface area contributed by atoms with Gasteiger partial charge in [0.25, 0.3) is 5.89 Å². The molecule has 202 valence electrons. The molecule has 0 spiro atoms. The van der Waals surface area contributed by atoms with Gasteiger partial charge in [-0.3, -0.25) is 4.79 Å². The molecule has 8 nitrogen and oxygen atoms in total. The number of carbonyl (C=O) groups is 1. The highest BCUT2D eigenvalue weighted by molar-refractivity contribution is 5.73. The zero-order valence-electron chi connectivity index (χ0n) is 22.9. The summed E-state index contributed by atoms with van der Waals surface area (Å²) in [6.45, 7) is 10.4. The second kappa shape index (κ2) is 9.59. The largest absolute Gasteiger partial charge is 0.380 e. The van der Waals surface area contributed by atoms with Crippen molar-refractivity contribution in [2.75, 3.05) is 33.2 Å². The molecule has 5 rings (SSSR count). The Balaban J connectivity index is 1.49. The van der Waals surface area contributed by atoms with Gasteiger partial charge in [0.2, 0.25) is 11.7 Å². The highest BCUT2D eigenvalue weighted by Gasteiger charge is 2.55. The van der Waals surface area contributed by atoms with Crippen LogP contribution in [0.1, 0.15) is 69.0 Å². The maximum Gasteiger partial charge on any atom is 0.259 e. The zero-order valence-corrected chi connectivity index (χ0v) is 22.9. The van der Waals surface area contributed by atoms with Crippen molar-refractivity contribution in [3.05, 3.63) is 71.1 Å². The van der Waals surface area contributed by atoms with Crippen LogP contribution in [0.25, 0.3) is 11.4 Å². The van der Waals surface area contributed by atoms with E-state index in [1.54, 1.807) is 4.90 Å². The fourth-order valence-electron chi connectivity index (χ4n) is 6.17. The summed E-state index contributed by atoms with van der Waals surface area (Å²) in [4.78, 5) is 20.2. The molecule has 0 unspecified atom stereocenters. The number of piperidine rings is 1. The molecule has 1 amide bonds. The van der Waals surface area contributed by atoms with Crippen molar-refractivity contribution in [3.8, 4) is 11.4 Å². The van der Waals surface area contributed by atoms with Crippen LogP contribution in [0.2, 0.25) is 0 Å². The second-order valence-electron chi connectivity index (χ2n) is 11.8. The lowest BCUT2D eigenvalue weighted by Crippen LogP contribution is -2.63. The molecule has 2 fully saturated rings. The van der Waals surface area contributed by atoms with Crippen LogP contribution in [-0.2, 0) is 16.0 Å². The lowest BCUT2D eigenvalue weighted by molar-refractivity contribution is -0.134. The van der Waals surface area contributed by atoms with Gasteiger partial charge < -0.3 is 24.5 Å². The van der Waals surface area contributed by atoms with E-state index < -0.39 is 11.2 Å². The monoisotopic (exact) mass is 518 g/mol. The number of hydrogen-bond acceptors (Lipinski definition) is 7. The molecule has 8 heteroatoms. The molecule has 38 heavy (non-hydrogen) atoms. The summed E-state index contributed by atoms with van der Waals surface area (Å²) in [6.07, 6.45) is 0.679. The average molecular weight is 519 g/mol. The molecule has 2 saturated heterocycles. The van der Waals surface area contributed by atoms with Gasteiger partial charge in [0.05, 0.1) is 0 Å². The van der Waals surface area contributed by atoms with Gasteiger partial charge in [-0.15, -0.1) is 0 Å². The number of likely N-dealkylation sites (tertiary alicyclic amines) is 2. The first-order chi connectivity index (χ1) is 17.9. The molecule has 0 aliphatic carbocycles. The van der Waals surface area contributed by atoms with Gasteiger partial charge in [0, 0.05) is 56.9 Å². The van der Waals surface area contributed by atoms with Crippen LogP contribution in [0, 0.1) is 5.41 Å². The van der Waals surface area contributed by atoms with E-state index in [9.17, 15) is 15.0 Å². The van der Waals surface area contributed by atoms with Crippen molar-refractivity contribution < 1.29 is 19.5 Å². The molecule has 0 bridgehead atoms. The lowest BCUT2D eigenvalue weighted by Gasteiger charge is -2.56. The van der Waals surface area contributed by atoms with E-state index in [0.29, 0.717) is 43.2 Å². The first-order valence-corrected chi connectivity index (χ1v) is 13.4. The summed E-state index contributed by atoms with van der Waals surface area (Å²) in [5.41, 5.74) is 0.676. The number of hydrogen-bond donors (Lipinski definition) is 2. The summed E-state index contributed by atoms with van der Waals surface area (Å²) in [6, 6.07) is 16.0.